The summed E-state index contributed by atoms with van der Waals surface area (Å²) in [5, 5.41) is 3.31. The second kappa shape index (κ2) is 8.77. The molecule has 1 atom stereocenters. The SMILES string of the molecule is COc1ccccc1C1CNCCN1C(=O)CCC(=O)c1ccc(F)cc1. The molecule has 0 aromatic heterocycles. The van der Waals surface area contributed by atoms with E-state index in [1.165, 1.54) is 24.3 Å². The number of carbonyl (C=O) groups excluding carboxylic acids is 2. The molecule has 0 radical (unpaired) electrons. The molecule has 1 aliphatic rings. The maximum atomic E-state index is 13.0. The molecule has 2 aromatic carbocycles. The van der Waals surface area contributed by atoms with E-state index < -0.39 is 0 Å². The van der Waals surface area contributed by atoms with E-state index in [4.69, 9.17) is 4.74 Å². The first kappa shape index (κ1) is 19.0. The van der Waals surface area contributed by atoms with Crippen molar-refractivity contribution in [3.8, 4) is 5.75 Å². The average Bonchev–Trinajstić information content (AvgIpc) is 2.72. The van der Waals surface area contributed by atoms with Crippen LogP contribution in [0.25, 0.3) is 0 Å². The van der Waals surface area contributed by atoms with Crippen molar-refractivity contribution >= 4 is 11.7 Å². The molecule has 0 aliphatic carbocycles. The molecule has 1 heterocycles. The first-order chi connectivity index (χ1) is 13.1. The highest BCUT2D eigenvalue weighted by molar-refractivity contribution is 5.97. The number of benzene rings is 2. The number of carbonyl (C=O) groups is 2. The second-order valence-electron chi connectivity index (χ2n) is 6.48. The van der Waals surface area contributed by atoms with Gasteiger partial charge in [0.15, 0.2) is 5.78 Å². The lowest BCUT2D eigenvalue weighted by Gasteiger charge is -2.37. The van der Waals surface area contributed by atoms with Crippen molar-refractivity contribution in [3.63, 3.8) is 0 Å². The van der Waals surface area contributed by atoms with Crippen LogP contribution in [0.15, 0.2) is 48.5 Å². The summed E-state index contributed by atoms with van der Waals surface area (Å²) in [4.78, 5) is 26.9. The molecule has 1 fully saturated rings. The summed E-state index contributed by atoms with van der Waals surface area (Å²) in [6.07, 6.45) is 0.231. The lowest BCUT2D eigenvalue weighted by atomic mass is 10.0. The van der Waals surface area contributed by atoms with E-state index in [1.807, 2.05) is 29.2 Å². The van der Waals surface area contributed by atoms with E-state index in [0.717, 1.165) is 11.3 Å². The third-order valence-corrected chi connectivity index (χ3v) is 4.79. The Labute approximate surface area is 158 Å². The minimum atomic E-state index is -0.386. The maximum absolute atomic E-state index is 13.0. The third-order valence-electron chi connectivity index (χ3n) is 4.79. The minimum absolute atomic E-state index is 0.0668. The van der Waals surface area contributed by atoms with Crippen molar-refractivity contribution in [1.82, 2.24) is 10.2 Å². The number of amides is 1. The number of nitrogens with zero attached hydrogens (tertiary/aromatic N) is 1. The standard InChI is InChI=1S/C21H23FN2O3/c1-27-20-5-3-2-4-17(20)18-14-23-12-13-24(18)21(26)11-10-19(25)15-6-8-16(22)9-7-15/h2-9,18,23H,10-14H2,1H3. The highest BCUT2D eigenvalue weighted by Gasteiger charge is 2.29. The molecule has 6 heteroatoms. The normalized spacial score (nSPS) is 16.8. The number of piperazine rings is 1. The van der Waals surface area contributed by atoms with Gasteiger partial charge in [0.05, 0.1) is 13.2 Å². The van der Waals surface area contributed by atoms with Crippen molar-refractivity contribution in [3.05, 3.63) is 65.5 Å². The van der Waals surface area contributed by atoms with Gasteiger partial charge in [0.1, 0.15) is 11.6 Å². The Morgan fingerprint density at radius 3 is 2.63 bits per heavy atom. The molecule has 27 heavy (non-hydrogen) atoms. The van der Waals surface area contributed by atoms with Crippen molar-refractivity contribution in [2.45, 2.75) is 18.9 Å². The monoisotopic (exact) mass is 370 g/mol. The molecule has 2 aromatic rings. The van der Waals surface area contributed by atoms with E-state index in [9.17, 15) is 14.0 Å². The van der Waals surface area contributed by atoms with E-state index in [0.29, 0.717) is 25.2 Å². The zero-order valence-corrected chi connectivity index (χ0v) is 15.3. The summed E-state index contributed by atoms with van der Waals surface area (Å²) in [6.45, 7) is 1.92. The molecule has 1 amide bonds. The van der Waals surface area contributed by atoms with Crippen LogP contribution in [0.2, 0.25) is 0 Å². The fourth-order valence-corrected chi connectivity index (χ4v) is 3.37. The van der Waals surface area contributed by atoms with Crippen LogP contribution in [0.4, 0.5) is 4.39 Å². The molecule has 1 saturated heterocycles. The number of Topliss-reactive ketones (excluding diaryl/α,β-unsaturated/α-hetero) is 1. The first-order valence-corrected chi connectivity index (χ1v) is 9.02. The van der Waals surface area contributed by atoms with Crippen LogP contribution in [-0.2, 0) is 4.79 Å². The van der Waals surface area contributed by atoms with Gasteiger partial charge in [0, 0.05) is 43.6 Å². The van der Waals surface area contributed by atoms with Gasteiger partial charge in [-0.3, -0.25) is 9.59 Å². The predicted octanol–water partition coefficient (Wildman–Crippen LogP) is 2.97. The molecule has 1 unspecified atom stereocenters. The fraction of sp³-hybridized carbons (Fsp3) is 0.333. The van der Waals surface area contributed by atoms with Crippen LogP contribution in [-0.4, -0.2) is 43.3 Å². The summed E-state index contributed by atoms with van der Waals surface area (Å²) in [6, 6.07) is 12.9. The topological polar surface area (TPSA) is 58.6 Å². The molecule has 142 valence electrons. The first-order valence-electron chi connectivity index (χ1n) is 9.02. The van der Waals surface area contributed by atoms with Crippen molar-refractivity contribution < 1.29 is 18.7 Å². The van der Waals surface area contributed by atoms with Gasteiger partial charge in [-0.1, -0.05) is 18.2 Å². The number of hydrogen-bond donors (Lipinski definition) is 1. The second-order valence-corrected chi connectivity index (χ2v) is 6.48. The number of para-hydroxylation sites is 1. The number of ketones is 1. The fourth-order valence-electron chi connectivity index (χ4n) is 3.37. The van der Waals surface area contributed by atoms with Crippen LogP contribution < -0.4 is 10.1 Å². The Morgan fingerprint density at radius 1 is 1.15 bits per heavy atom. The van der Waals surface area contributed by atoms with E-state index in [1.54, 1.807) is 7.11 Å². The largest absolute Gasteiger partial charge is 0.496 e. The average molecular weight is 370 g/mol. The van der Waals surface area contributed by atoms with Gasteiger partial charge < -0.3 is 15.0 Å². The molecular weight excluding hydrogens is 347 g/mol. The summed E-state index contributed by atoms with van der Waals surface area (Å²) in [7, 11) is 1.61. The molecule has 3 rings (SSSR count). The summed E-state index contributed by atoms with van der Waals surface area (Å²) < 4.78 is 18.4. The number of ether oxygens (including phenoxy) is 1. The Balaban J connectivity index is 1.68. The molecule has 1 N–H and O–H groups in total. The smallest absolute Gasteiger partial charge is 0.223 e. The Kier molecular flexibility index (Phi) is 6.19. The number of rotatable bonds is 6. The highest BCUT2D eigenvalue weighted by Crippen LogP contribution is 2.30. The van der Waals surface area contributed by atoms with Crippen LogP contribution in [0.5, 0.6) is 5.75 Å². The van der Waals surface area contributed by atoms with Crippen LogP contribution in [0, 0.1) is 5.82 Å². The number of nitrogens with one attached hydrogen (secondary N) is 1. The molecular formula is C21H23FN2O3. The van der Waals surface area contributed by atoms with E-state index in [-0.39, 0.29) is 36.4 Å². The molecule has 0 bridgehead atoms. The van der Waals surface area contributed by atoms with E-state index in [2.05, 4.69) is 5.32 Å². The third kappa shape index (κ3) is 4.52. The quantitative estimate of drug-likeness (QED) is 0.795. The lowest BCUT2D eigenvalue weighted by Crippen LogP contribution is -2.48. The van der Waals surface area contributed by atoms with Crippen molar-refractivity contribution in [2.24, 2.45) is 0 Å². The van der Waals surface area contributed by atoms with Gasteiger partial charge in [-0.2, -0.15) is 0 Å². The number of hydrogen-bond acceptors (Lipinski definition) is 4. The summed E-state index contributed by atoms with van der Waals surface area (Å²) in [5.74, 6) is 0.129. The van der Waals surface area contributed by atoms with Gasteiger partial charge in [0.25, 0.3) is 0 Å². The minimum Gasteiger partial charge on any atom is -0.496 e. The van der Waals surface area contributed by atoms with Crippen LogP contribution >= 0.6 is 0 Å². The Morgan fingerprint density at radius 2 is 1.89 bits per heavy atom. The van der Waals surface area contributed by atoms with Gasteiger partial charge in [-0.15, -0.1) is 0 Å². The zero-order chi connectivity index (χ0) is 19.2. The highest BCUT2D eigenvalue weighted by atomic mass is 19.1. The maximum Gasteiger partial charge on any atom is 0.223 e. The lowest BCUT2D eigenvalue weighted by molar-refractivity contribution is -0.134. The van der Waals surface area contributed by atoms with E-state index >= 15 is 0 Å². The number of halogens is 1. The summed E-state index contributed by atoms with van der Waals surface area (Å²) >= 11 is 0. The molecule has 0 spiro atoms. The van der Waals surface area contributed by atoms with Gasteiger partial charge in [-0.05, 0) is 30.3 Å². The Hall–Kier alpha value is -2.73. The van der Waals surface area contributed by atoms with Crippen molar-refractivity contribution in [1.29, 1.82) is 0 Å². The van der Waals surface area contributed by atoms with Gasteiger partial charge in [-0.25, -0.2) is 4.39 Å². The Bertz CT molecular complexity index is 807. The molecule has 5 nitrogen and oxygen atoms in total. The predicted molar refractivity (Wildman–Crippen MR) is 100 cm³/mol. The summed E-state index contributed by atoms with van der Waals surface area (Å²) in [5.41, 5.74) is 1.37. The zero-order valence-electron chi connectivity index (χ0n) is 15.3. The van der Waals surface area contributed by atoms with Crippen LogP contribution in [0.3, 0.4) is 0 Å². The molecule has 1 aliphatic heterocycles. The number of methoxy groups -OCH3 is 1. The van der Waals surface area contributed by atoms with Crippen LogP contribution in [0.1, 0.15) is 34.8 Å². The molecule has 0 saturated carbocycles. The van der Waals surface area contributed by atoms with Gasteiger partial charge in [0.2, 0.25) is 5.91 Å². The van der Waals surface area contributed by atoms with Crippen molar-refractivity contribution in [2.75, 3.05) is 26.7 Å². The van der Waals surface area contributed by atoms with Gasteiger partial charge >= 0.3 is 0 Å².